The summed E-state index contributed by atoms with van der Waals surface area (Å²) in [7, 11) is -3.59. The molecule has 0 aliphatic carbocycles. The van der Waals surface area contributed by atoms with Gasteiger partial charge >= 0.3 is 9.05 Å². The quantitative estimate of drug-likeness (QED) is 0.308. The molecule has 9 heteroatoms. The first-order valence-corrected chi connectivity index (χ1v) is 10.5. The van der Waals surface area contributed by atoms with Crippen molar-refractivity contribution in [2.24, 2.45) is 0 Å². The molecule has 4 rings (SSSR count). The Labute approximate surface area is 168 Å². The average molecular weight is 416 g/mol. The minimum atomic E-state index is -3.59. The summed E-state index contributed by atoms with van der Waals surface area (Å²) in [6.45, 7) is 0.853. The van der Waals surface area contributed by atoms with Crippen LogP contribution >= 0.6 is 0 Å². The summed E-state index contributed by atoms with van der Waals surface area (Å²) in [5.74, 6) is 0. The average Bonchev–Trinajstić information content (AvgIpc) is 3.56. The van der Waals surface area contributed by atoms with Crippen LogP contribution in [-0.4, -0.2) is 9.05 Å². The van der Waals surface area contributed by atoms with Crippen molar-refractivity contribution < 1.29 is 35.4 Å². The van der Waals surface area contributed by atoms with Gasteiger partial charge < -0.3 is 35.4 Å². The first kappa shape index (κ1) is 19.5. The fourth-order valence-corrected chi connectivity index (χ4v) is 4.31. The van der Waals surface area contributed by atoms with E-state index >= 15 is 0 Å². The van der Waals surface area contributed by atoms with Gasteiger partial charge in [0.2, 0.25) is 0 Å². The molecule has 0 fully saturated rings. The zero-order valence-electron chi connectivity index (χ0n) is 15.5. The van der Waals surface area contributed by atoms with Crippen molar-refractivity contribution >= 4 is 9.05 Å². The normalized spacial score (nSPS) is 11.9. The molecular weight excluding hydrogens is 396 g/mol. The molecule has 0 spiro atoms. The largest absolute Gasteiger partial charge is 0.680 e. The van der Waals surface area contributed by atoms with E-state index in [-0.39, 0.29) is 26.4 Å². The van der Waals surface area contributed by atoms with Crippen LogP contribution in [0.25, 0.3) is 0 Å². The summed E-state index contributed by atoms with van der Waals surface area (Å²) in [6.07, 6.45) is 12.7. The van der Waals surface area contributed by atoms with E-state index in [9.17, 15) is 0 Å². The van der Waals surface area contributed by atoms with Crippen molar-refractivity contribution in [3.05, 3.63) is 96.6 Å². The predicted molar refractivity (Wildman–Crippen MR) is 99.7 cm³/mol. The SMILES string of the molecule is c1cc(CO[Si](OCc2ccoc2)(OCc2ccoc2)OCc2ccoc2)co1. The maximum Gasteiger partial charge on any atom is 0.680 e. The Hall–Kier alpha value is -2.82. The molecule has 0 aliphatic rings. The third kappa shape index (κ3) is 5.59. The lowest BCUT2D eigenvalue weighted by molar-refractivity contribution is -0.0523. The van der Waals surface area contributed by atoms with E-state index in [0.29, 0.717) is 0 Å². The van der Waals surface area contributed by atoms with Gasteiger partial charge in [0, 0.05) is 22.3 Å². The van der Waals surface area contributed by atoms with Crippen LogP contribution in [0.3, 0.4) is 0 Å². The molecule has 152 valence electrons. The van der Waals surface area contributed by atoms with Crippen LogP contribution < -0.4 is 0 Å². The van der Waals surface area contributed by atoms with Gasteiger partial charge in [0.05, 0.1) is 76.5 Å². The second-order valence-corrected chi connectivity index (χ2v) is 8.34. The van der Waals surface area contributed by atoms with Gasteiger partial charge in [-0.05, 0) is 24.3 Å². The standard InChI is InChI=1S/C20H20O8Si/c1-5-21-9-17(1)13-25-29(26-14-18-2-6-22-10-18,27-15-19-3-7-23-11-19)28-16-20-4-8-24-12-20/h1-12H,13-16H2. The predicted octanol–water partition coefficient (Wildman–Crippen LogP) is 4.66. The Morgan fingerprint density at radius 1 is 0.483 bits per heavy atom. The molecule has 0 aliphatic heterocycles. The summed E-state index contributed by atoms with van der Waals surface area (Å²) in [6, 6.07) is 7.23. The van der Waals surface area contributed by atoms with Gasteiger partial charge in [0.25, 0.3) is 0 Å². The smallest absolute Gasteiger partial charge is 0.472 e. The van der Waals surface area contributed by atoms with Crippen LogP contribution in [0.1, 0.15) is 22.3 Å². The molecule has 0 bridgehead atoms. The lowest BCUT2D eigenvalue weighted by Crippen LogP contribution is -2.48. The van der Waals surface area contributed by atoms with Crippen molar-refractivity contribution in [2.45, 2.75) is 26.4 Å². The Morgan fingerprint density at radius 2 is 0.759 bits per heavy atom. The van der Waals surface area contributed by atoms with E-state index in [4.69, 9.17) is 35.4 Å². The highest BCUT2D eigenvalue weighted by molar-refractivity contribution is 6.53. The first-order chi connectivity index (χ1) is 14.3. The lowest BCUT2D eigenvalue weighted by Gasteiger charge is -2.27. The number of rotatable bonds is 12. The molecule has 0 atom stereocenters. The molecule has 0 saturated carbocycles. The summed E-state index contributed by atoms with van der Waals surface area (Å²) >= 11 is 0. The zero-order valence-corrected chi connectivity index (χ0v) is 16.5. The maximum atomic E-state index is 6.09. The Morgan fingerprint density at radius 3 is 0.966 bits per heavy atom. The van der Waals surface area contributed by atoms with E-state index < -0.39 is 9.05 Å². The molecule has 4 aromatic heterocycles. The van der Waals surface area contributed by atoms with Gasteiger partial charge in [-0.1, -0.05) is 0 Å². The summed E-state index contributed by atoms with van der Waals surface area (Å²) < 4.78 is 44.8. The fourth-order valence-electron chi connectivity index (χ4n) is 2.44. The van der Waals surface area contributed by atoms with Crippen LogP contribution in [0.4, 0.5) is 0 Å². The van der Waals surface area contributed by atoms with E-state index in [1.165, 1.54) is 0 Å². The minimum Gasteiger partial charge on any atom is -0.472 e. The molecular formula is C20H20O8Si. The highest BCUT2D eigenvalue weighted by Gasteiger charge is 2.46. The zero-order chi connectivity index (χ0) is 19.8. The Balaban J connectivity index is 1.51. The Bertz CT molecular complexity index is 755. The second-order valence-electron chi connectivity index (χ2n) is 6.18. The maximum absolute atomic E-state index is 6.09. The van der Waals surface area contributed by atoms with Crippen molar-refractivity contribution in [2.75, 3.05) is 0 Å². The van der Waals surface area contributed by atoms with E-state index in [2.05, 4.69) is 0 Å². The van der Waals surface area contributed by atoms with Gasteiger partial charge in [0.15, 0.2) is 0 Å². The van der Waals surface area contributed by atoms with Gasteiger partial charge in [-0.2, -0.15) is 0 Å². The van der Waals surface area contributed by atoms with Crippen LogP contribution in [0.5, 0.6) is 0 Å². The van der Waals surface area contributed by atoms with Crippen LogP contribution in [0.15, 0.2) is 92.0 Å². The molecule has 0 radical (unpaired) electrons. The molecule has 29 heavy (non-hydrogen) atoms. The molecule has 0 aromatic carbocycles. The van der Waals surface area contributed by atoms with Crippen LogP contribution in [-0.2, 0) is 44.1 Å². The van der Waals surface area contributed by atoms with Gasteiger partial charge in [-0.3, -0.25) is 0 Å². The van der Waals surface area contributed by atoms with Crippen LogP contribution in [0, 0.1) is 0 Å². The van der Waals surface area contributed by atoms with E-state index in [1.54, 1.807) is 74.4 Å². The molecule has 0 unspecified atom stereocenters. The highest BCUT2D eigenvalue weighted by Crippen LogP contribution is 2.22. The second kappa shape index (κ2) is 9.59. The summed E-state index contributed by atoms with van der Waals surface area (Å²) in [4.78, 5) is 0. The first-order valence-electron chi connectivity index (χ1n) is 8.91. The third-order valence-electron chi connectivity index (χ3n) is 3.98. The summed E-state index contributed by atoms with van der Waals surface area (Å²) in [5.41, 5.74) is 3.36. The molecule has 8 nitrogen and oxygen atoms in total. The molecule has 0 saturated heterocycles. The van der Waals surface area contributed by atoms with Gasteiger partial charge in [0.1, 0.15) is 0 Å². The molecule has 4 heterocycles. The fraction of sp³-hybridized carbons (Fsp3) is 0.200. The molecule has 4 aromatic rings. The third-order valence-corrected chi connectivity index (χ3v) is 5.97. The number of hydrogen-bond acceptors (Lipinski definition) is 8. The number of hydrogen-bond donors (Lipinski definition) is 0. The Kier molecular flexibility index (Phi) is 6.44. The van der Waals surface area contributed by atoms with Crippen molar-refractivity contribution in [1.29, 1.82) is 0 Å². The van der Waals surface area contributed by atoms with Crippen molar-refractivity contribution in [3.63, 3.8) is 0 Å². The van der Waals surface area contributed by atoms with Gasteiger partial charge in [-0.15, -0.1) is 0 Å². The van der Waals surface area contributed by atoms with Crippen molar-refractivity contribution in [1.82, 2.24) is 0 Å². The minimum absolute atomic E-state index is 0.213. The number of furan rings is 4. The highest BCUT2D eigenvalue weighted by atomic mass is 28.4. The monoisotopic (exact) mass is 416 g/mol. The summed E-state index contributed by atoms with van der Waals surface area (Å²) in [5, 5.41) is 0. The van der Waals surface area contributed by atoms with Crippen molar-refractivity contribution in [3.8, 4) is 0 Å². The molecule has 0 amide bonds. The van der Waals surface area contributed by atoms with Gasteiger partial charge in [-0.25, -0.2) is 0 Å². The lowest BCUT2D eigenvalue weighted by atomic mass is 10.4. The van der Waals surface area contributed by atoms with Crippen LogP contribution in [0.2, 0.25) is 0 Å². The van der Waals surface area contributed by atoms with E-state index in [0.717, 1.165) is 22.3 Å². The van der Waals surface area contributed by atoms with E-state index in [1.807, 2.05) is 0 Å². The topological polar surface area (TPSA) is 89.5 Å². The molecule has 0 N–H and O–H groups in total.